The van der Waals surface area contributed by atoms with E-state index in [1.165, 1.54) is 60.7 Å². The zero-order chi connectivity index (χ0) is 29.5. The number of ketones is 1. The van der Waals surface area contributed by atoms with Gasteiger partial charge in [-0.2, -0.15) is 8.42 Å². The first kappa shape index (κ1) is 30.2. The fourth-order valence-corrected chi connectivity index (χ4v) is 5.71. The van der Waals surface area contributed by atoms with Crippen LogP contribution in [0, 0.1) is 0 Å². The number of hydrogen-bond donors (Lipinski definition) is 1. The molecule has 10 heteroatoms. The average molecular weight is 601 g/mol. The zero-order valence-corrected chi connectivity index (χ0v) is 25.6. The molecule has 1 unspecified atom stereocenters. The summed E-state index contributed by atoms with van der Waals surface area (Å²) >= 11 is 0. The van der Waals surface area contributed by atoms with Crippen LogP contribution in [0.4, 0.5) is 0 Å². The van der Waals surface area contributed by atoms with Crippen molar-refractivity contribution in [2.45, 2.75) is 10.5 Å². The van der Waals surface area contributed by atoms with Crippen LogP contribution in [0.2, 0.25) is 0 Å². The SMILES string of the molecule is O=C(c1ccc([O-])cc1)c1ccc(Oc2ccc(C3(c4ccccc4)OC(=O)c4ccccc43)cc2S(=O)(=O)O)cc1.[Na+]. The second-order valence-electron chi connectivity index (χ2n) is 9.60. The minimum absolute atomic E-state index is 0. The van der Waals surface area contributed by atoms with Crippen molar-refractivity contribution < 1.29 is 66.7 Å². The smallest absolute Gasteiger partial charge is 0.872 e. The molecule has 1 atom stereocenters. The summed E-state index contributed by atoms with van der Waals surface area (Å²) in [4.78, 5) is 25.2. The topological polar surface area (TPSA) is 130 Å². The van der Waals surface area contributed by atoms with Gasteiger partial charge in [-0.25, -0.2) is 4.79 Å². The van der Waals surface area contributed by atoms with E-state index in [9.17, 15) is 27.7 Å². The first-order valence-electron chi connectivity index (χ1n) is 12.8. The Balaban J connectivity index is 0.00000368. The molecule has 0 aromatic heterocycles. The van der Waals surface area contributed by atoms with Crippen molar-refractivity contribution in [2.75, 3.05) is 0 Å². The normalized spacial score (nSPS) is 15.6. The Hall–Kier alpha value is -4.25. The van der Waals surface area contributed by atoms with Gasteiger partial charge in [0, 0.05) is 27.8 Å². The monoisotopic (exact) mass is 600 g/mol. The molecule has 1 aliphatic heterocycles. The fourth-order valence-electron chi connectivity index (χ4n) is 5.07. The van der Waals surface area contributed by atoms with Gasteiger partial charge in [-0.3, -0.25) is 9.35 Å². The second-order valence-corrected chi connectivity index (χ2v) is 11.0. The van der Waals surface area contributed by atoms with Crippen molar-refractivity contribution in [3.63, 3.8) is 0 Å². The molecule has 0 spiro atoms. The summed E-state index contributed by atoms with van der Waals surface area (Å²) in [7, 11) is -4.81. The zero-order valence-electron chi connectivity index (χ0n) is 22.8. The Morgan fingerprint density at radius 1 is 0.767 bits per heavy atom. The summed E-state index contributed by atoms with van der Waals surface area (Å²) in [5.41, 5.74) is 0.946. The van der Waals surface area contributed by atoms with Gasteiger partial charge in [-0.15, -0.1) is 5.75 Å². The number of fused-ring (bicyclic) bond motifs is 1. The van der Waals surface area contributed by atoms with Gasteiger partial charge in [-0.05, 0) is 42.5 Å². The van der Waals surface area contributed by atoms with E-state index < -0.39 is 26.6 Å². The molecule has 43 heavy (non-hydrogen) atoms. The number of hydrogen-bond acceptors (Lipinski definition) is 7. The van der Waals surface area contributed by atoms with Gasteiger partial charge in [-0.1, -0.05) is 78.9 Å². The molecule has 0 aliphatic carbocycles. The van der Waals surface area contributed by atoms with Crippen molar-refractivity contribution in [2.24, 2.45) is 0 Å². The van der Waals surface area contributed by atoms with Crippen LogP contribution in [0.1, 0.15) is 43.0 Å². The van der Waals surface area contributed by atoms with Gasteiger partial charge in [0.25, 0.3) is 10.1 Å². The summed E-state index contributed by atoms with van der Waals surface area (Å²) in [5.74, 6) is -1.05. The summed E-state index contributed by atoms with van der Waals surface area (Å²) < 4.78 is 47.2. The van der Waals surface area contributed by atoms with Crippen molar-refractivity contribution in [1.82, 2.24) is 0 Å². The molecule has 8 nitrogen and oxygen atoms in total. The number of benzene rings is 5. The number of cyclic esters (lactones) is 1. The Labute approximate surface area is 269 Å². The van der Waals surface area contributed by atoms with Gasteiger partial charge in [0.15, 0.2) is 11.4 Å². The molecule has 0 saturated carbocycles. The molecule has 0 bridgehead atoms. The van der Waals surface area contributed by atoms with Crippen LogP contribution in [0.25, 0.3) is 0 Å². The maximum absolute atomic E-state index is 12.9. The van der Waals surface area contributed by atoms with E-state index in [0.29, 0.717) is 27.8 Å². The van der Waals surface area contributed by atoms with Crippen molar-refractivity contribution in [3.05, 3.63) is 155 Å². The number of rotatable bonds is 7. The van der Waals surface area contributed by atoms with Crippen LogP contribution in [0.15, 0.2) is 126 Å². The van der Waals surface area contributed by atoms with Crippen LogP contribution in [-0.2, 0) is 20.5 Å². The average Bonchev–Trinajstić information content (AvgIpc) is 3.31. The molecule has 208 valence electrons. The molecule has 6 rings (SSSR count). The number of esters is 1. The predicted molar refractivity (Wildman–Crippen MR) is 150 cm³/mol. The predicted octanol–water partition coefficient (Wildman–Crippen LogP) is 2.50. The van der Waals surface area contributed by atoms with E-state index >= 15 is 0 Å². The minimum Gasteiger partial charge on any atom is -0.872 e. The summed E-state index contributed by atoms with van der Waals surface area (Å²) in [5, 5.41) is 11.3. The molecule has 0 amide bonds. The largest absolute Gasteiger partial charge is 1.00 e. The standard InChI is InChI=1S/C33H22O8S.Na/c34-25-15-10-21(11-16-25)31(35)22-12-17-26(18-13-22)40-29-19-14-24(20-30(29)42(37,38)39)33(23-6-2-1-3-7-23)28-9-5-4-8-27(28)32(36)41-33;/h1-20,34H,(H,37,38,39);/q;+1/p-1. The fraction of sp³-hybridized carbons (Fsp3) is 0.0303. The number of carbonyl (C=O) groups is 2. The Morgan fingerprint density at radius 3 is 2.02 bits per heavy atom. The van der Waals surface area contributed by atoms with Crippen LogP contribution in [0.5, 0.6) is 17.2 Å². The van der Waals surface area contributed by atoms with Crippen molar-refractivity contribution in [3.8, 4) is 17.2 Å². The second kappa shape index (κ2) is 11.8. The van der Waals surface area contributed by atoms with Crippen molar-refractivity contribution in [1.29, 1.82) is 0 Å². The van der Waals surface area contributed by atoms with E-state index in [1.54, 1.807) is 60.7 Å². The van der Waals surface area contributed by atoms with E-state index in [-0.39, 0.29) is 58.2 Å². The molecule has 0 saturated heterocycles. The van der Waals surface area contributed by atoms with Gasteiger partial charge in [0.05, 0.1) is 5.56 Å². The first-order chi connectivity index (χ1) is 20.2. The third-order valence-corrected chi connectivity index (χ3v) is 7.92. The molecule has 5 aromatic rings. The van der Waals surface area contributed by atoms with Crippen LogP contribution >= 0.6 is 0 Å². The van der Waals surface area contributed by atoms with Gasteiger partial charge in [0.1, 0.15) is 16.4 Å². The third kappa shape index (κ3) is 5.61. The van der Waals surface area contributed by atoms with Gasteiger partial charge < -0.3 is 14.6 Å². The molecule has 1 heterocycles. The Kier molecular flexibility index (Phi) is 8.29. The summed E-state index contributed by atoms with van der Waals surface area (Å²) in [6.45, 7) is 0. The minimum atomic E-state index is -4.81. The first-order valence-corrected chi connectivity index (χ1v) is 14.2. The van der Waals surface area contributed by atoms with Gasteiger partial charge in [0.2, 0.25) is 0 Å². The van der Waals surface area contributed by atoms with Gasteiger partial charge >= 0.3 is 35.5 Å². The molecule has 0 fully saturated rings. The van der Waals surface area contributed by atoms with Crippen LogP contribution in [0.3, 0.4) is 0 Å². The van der Waals surface area contributed by atoms with Crippen LogP contribution in [-0.4, -0.2) is 24.7 Å². The molecule has 1 aliphatic rings. The van der Waals surface area contributed by atoms with Crippen LogP contribution < -0.4 is 39.4 Å². The van der Waals surface area contributed by atoms with Crippen molar-refractivity contribution >= 4 is 21.9 Å². The maximum Gasteiger partial charge on any atom is 1.00 e. The molecular weight excluding hydrogens is 579 g/mol. The Morgan fingerprint density at radius 2 is 1.37 bits per heavy atom. The quantitative estimate of drug-likeness (QED) is 0.131. The Bertz CT molecular complexity index is 1940. The summed E-state index contributed by atoms with van der Waals surface area (Å²) in [6, 6.07) is 31.4. The van der Waals surface area contributed by atoms with E-state index in [0.717, 1.165) is 0 Å². The molecular formula is C33H21NaO8S. The van der Waals surface area contributed by atoms with E-state index in [2.05, 4.69) is 0 Å². The molecule has 1 N–H and O–H groups in total. The molecule has 0 radical (unpaired) electrons. The molecule has 5 aromatic carbocycles. The van der Waals surface area contributed by atoms with E-state index in [1.807, 2.05) is 0 Å². The number of ether oxygens (including phenoxy) is 2. The number of carbonyl (C=O) groups excluding carboxylic acids is 2. The third-order valence-electron chi connectivity index (χ3n) is 7.04. The maximum atomic E-state index is 12.9. The summed E-state index contributed by atoms with van der Waals surface area (Å²) in [6.07, 6.45) is 0. The van der Waals surface area contributed by atoms with E-state index in [4.69, 9.17) is 9.47 Å².